The lowest BCUT2D eigenvalue weighted by molar-refractivity contribution is 0.725. The van der Waals surface area contributed by atoms with E-state index in [0.29, 0.717) is 0 Å². The van der Waals surface area contributed by atoms with Crippen molar-refractivity contribution in [3.63, 3.8) is 0 Å². The molecule has 0 amide bonds. The second-order valence-corrected chi connectivity index (χ2v) is 4.07. The van der Waals surface area contributed by atoms with Crippen LogP contribution in [0.15, 0.2) is 47.6 Å². The van der Waals surface area contributed by atoms with Crippen molar-refractivity contribution < 1.29 is 0 Å². The fourth-order valence-electron chi connectivity index (χ4n) is 1.62. The molecule has 1 nitrogen and oxygen atoms in total. The summed E-state index contributed by atoms with van der Waals surface area (Å²) in [6.45, 7) is 4.72. The molecule has 0 atom stereocenters. The van der Waals surface area contributed by atoms with Gasteiger partial charge in [0.05, 0.1) is 4.60 Å². The quantitative estimate of drug-likeness (QED) is 0.726. The predicted octanol–water partition coefficient (Wildman–Crippen LogP) is 3.98. The average molecular weight is 250 g/mol. The van der Waals surface area contributed by atoms with Gasteiger partial charge in [0.2, 0.25) is 0 Å². The van der Waals surface area contributed by atoms with Crippen LogP contribution in [0.1, 0.15) is 6.42 Å². The highest BCUT2D eigenvalue weighted by molar-refractivity contribution is 9.10. The third-order valence-corrected chi connectivity index (χ3v) is 2.97. The molecule has 2 heteroatoms. The Morgan fingerprint density at radius 3 is 2.93 bits per heavy atom. The Bertz CT molecular complexity index is 456. The molecule has 72 valence electrons. The van der Waals surface area contributed by atoms with Crippen LogP contribution in [0.25, 0.3) is 10.9 Å². The Balaban J connectivity index is 2.50. The Kier molecular flexibility index (Phi) is 2.73. The topological polar surface area (TPSA) is 4.93 Å². The van der Waals surface area contributed by atoms with Crippen molar-refractivity contribution in [1.82, 2.24) is 4.57 Å². The molecule has 0 saturated carbocycles. The van der Waals surface area contributed by atoms with Crippen LogP contribution in [-0.2, 0) is 6.54 Å². The molecule has 0 aliphatic heterocycles. The van der Waals surface area contributed by atoms with Gasteiger partial charge in [-0.05, 0) is 34.5 Å². The first-order valence-corrected chi connectivity index (χ1v) is 5.47. The van der Waals surface area contributed by atoms with Gasteiger partial charge < -0.3 is 4.57 Å². The molecule has 0 bridgehead atoms. The van der Waals surface area contributed by atoms with E-state index in [1.54, 1.807) is 0 Å². The van der Waals surface area contributed by atoms with Gasteiger partial charge in [-0.25, -0.2) is 0 Å². The number of hydrogen-bond donors (Lipinski definition) is 0. The number of aromatic nitrogens is 1. The molecular formula is C12H12BrN. The van der Waals surface area contributed by atoms with Crippen molar-refractivity contribution in [3.8, 4) is 0 Å². The number of aryl methyl sites for hydroxylation is 1. The summed E-state index contributed by atoms with van der Waals surface area (Å²) in [7, 11) is 0. The van der Waals surface area contributed by atoms with Crippen LogP contribution in [0.4, 0.5) is 0 Å². The Hall–Kier alpha value is -1.02. The number of fused-ring (bicyclic) bond motifs is 1. The Labute approximate surface area is 92.2 Å². The molecular weight excluding hydrogens is 238 g/mol. The molecule has 0 N–H and O–H groups in total. The van der Waals surface area contributed by atoms with Gasteiger partial charge >= 0.3 is 0 Å². The smallest absolute Gasteiger partial charge is 0.0857 e. The average Bonchev–Trinajstić information content (AvgIpc) is 2.51. The van der Waals surface area contributed by atoms with Gasteiger partial charge in [0.25, 0.3) is 0 Å². The maximum Gasteiger partial charge on any atom is 0.0857 e. The van der Waals surface area contributed by atoms with E-state index in [1.165, 1.54) is 10.9 Å². The van der Waals surface area contributed by atoms with E-state index in [9.17, 15) is 0 Å². The summed E-state index contributed by atoms with van der Waals surface area (Å²) in [5.41, 5.74) is 1.28. The minimum atomic E-state index is 0.984. The van der Waals surface area contributed by atoms with Crippen LogP contribution in [0, 0.1) is 0 Å². The molecule has 1 aromatic heterocycles. The van der Waals surface area contributed by atoms with Crippen LogP contribution >= 0.6 is 15.9 Å². The predicted molar refractivity (Wildman–Crippen MR) is 64.5 cm³/mol. The van der Waals surface area contributed by atoms with Crippen LogP contribution in [0.3, 0.4) is 0 Å². The molecule has 1 aromatic carbocycles. The molecule has 14 heavy (non-hydrogen) atoms. The number of nitrogens with zero attached hydrogens (tertiary/aromatic N) is 1. The molecule has 0 spiro atoms. The van der Waals surface area contributed by atoms with Crippen LogP contribution in [0.5, 0.6) is 0 Å². The standard InChI is InChI=1S/C12H12BrN/c1-2-3-8-14-11-7-5-4-6-10(11)9-12(14)13/h2,4-7,9H,1,3,8H2. The molecule has 2 rings (SSSR count). The molecule has 0 radical (unpaired) electrons. The second-order valence-electron chi connectivity index (χ2n) is 3.25. The highest BCUT2D eigenvalue weighted by atomic mass is 79.9. The first-order valence-electron chi connectivity index (χ1n) is 4.67. The van der Waals surface area contributed by atoms with Gasteiger partial charge in [0.15, 0.2) is 0 Å². The fourth-order valence-corrected chi connectivity index (χ4v) is 2.24. The fraction of sp³-hybridized carbons (Fsp3) is 0.167. The molecule has 0 aliphatic rings. The zero-order valence-corrected chi connectivity index (χ0v) is 9.50. The first-order chi connectivity index (χ1) is 6.83. The minimum absolute atomic E-state index is 0.984. The van der Waals surface area contributed by atoms with Crippen molar-refractivity contribution in [1.29, 1.82) is 0 Å². The highest BCUT2D eigenvalue weighted by Crippen LogP contribution is 2.23. The summed E-state index contributed by atoms with van der Waals surface area (Å²) in [5, 5.41) is 1.28. The van der Waals surface area contributed by atoms with Crippen molar-refractivity contribution in [2.75, 3.05) is 0 Å². The molecule has 1 heterocycles. The number of rotatable bonds is 3. The van der Waals surface area contributed by atoms with Crippen LogP contribution < -0.4 is 0 Å². The lowest BCUT2D eigenvalue weighted by Gasteiger charge is -2.04. The number of allylic oxidation sites excluding steroid dienone is 1. The first kappa shape index (κ1) is 9.53. The Morgan fingerprint density at radius 2 is 2.14 bits per heavy atom. The number of halogens is 1. The van der Waals surface area contributed by atoms with Gasteiger partial charge in [0, 0.05) is 17.4 Å². The van der Waals surface area contributed by atoms with E-state index in [2.05, 4.69) is 57.4 Å². The van der Waals surface area contributed by atoms with Crippen molar-refractivity contribution in [2.45, 2.75) is 13.0 Å². The highest BCUT2D eigenvalue weighted by Gasteiger charge is 2.04. The van der Waals surface area contributed by atoms with Crippen molar-refractivity contribution in [2.24, 2.45) is 0 Å². The maximum atomic E-state index is 3.74. The third kappa shape index (κ3) is 1.62. The summed E-state index contributed by atoms with van der Waals surface area (Å²) in [5.74, 6) is 0. The van der Waals surface area contributed by atoms with E-state index < -0.39 is 0 Å². The SMILES string of the molecule is C=CCCn1c(Br)cc2ccccc21. The summed E-state index contributed by atoms with van der Waals surface area (Å²) < 4.78 is 3.40. The summed E-state index contributed by atoms with van der Waals surface area (Å²) in [6.07, 6.45) is 2.94. The Morgan fingerprint density at radius 1 is 1.36 bits per heavy atom. The minimum Gasteiger partial charge on any atom is -0.335 e. The normalized spacial score (nSPS) is 10.6. The van der Waals surface area contributed by atoms with Crippen LogP contribution in [-0.4, -0.2) is 4.57 Å². The maximum absolute atomic E-state index is 3.74. The van der Waals surface area contributed by atoms with E-state index in [0.717, 1.165) is 17.6 Å². The zero-order valence-electron chi connectivity index (χ0n) is 7.91. The summed E-state index contributed by atoms with van der Waals surface area (Å²) in [4.78, 5) is 0. The third-order valence-electron chi connectivity index (χ3n) is 2.32. The zero-order chi connectivity index (χ0) is 9.97. The van der Waals surface area contributed by atoms with Crippen LogP contribution in [0.2, 0.25) is 0 Å². The van der Waals surface area contributed by atoms with Crippen molar-refractivity contribution >= 4 is 26.8 Å². The van der Waals surface area contributed by atoms with E-state index in [4.69, 9.17) is 0 Å². The number of hydrogen-bond acceptors (Lipinski definition) is 0. The van der Waals surface area contributed by atoms with Gasteiger partial charge in [-0.2, -0.15) is 0 Å². The molecule has 0 aliphatic carbocycles. The van der Waals surface area contributed by atoms with Gasteiger partial charge in [-0.15, -0.1) is 6.58 Å². The van der Waals surface area contributed by atoms with Crippen molar-refractivity contribution in [3.05, 3.63) is 47.6 Å². The van der Waals surface area contributed by atoms with Gasteiger partial charge in [-0.3, -0.25) is 0 Å². The van der Waals surface area contributed by atoms with E-state index >= 15 is 0 Å². The van der Waals surface area contributed by atoms with Gasteiger partial charge in [-0.1, -0.05) is 24.3 Å². The van der Waals surface area contributed by atoms with Gasteiger partial charge in [0.1, 0.15) is 0 Å². The van der Waals surface area contributed by atoms with E-state index in [-0.39, 0.29) is 0 Å². The summed E-state index contributed by atoms with van der Waals surface area (Å²) in [6, 6.07) is 10.6. The number of benzene rings is 1. The summed E-state index contributed by atoms with van der Waals surface area (Å²) >= 11 is 3.57. The largest absolute Gasteiger partial charge is 0.335 e. The second kappa shape index (κ2) is 4.01. The lowest BCUT2D eigenvalue weighted by atomic mass is 10.2. The van der Waals surface area contributed by atoms with E-state index in [1.807, 2.05) is 6.08 Å². The lowest BCUT2D eigenvalue weighted by Crippen LogP contribution is -1.95. The molecule has 0 saturated heterocycles. The molecule has 0 fully saturated rings. The molecule has 0 unspecified atom stereocenters. The monoisotopic (exact) mass is 249 g/mol. The number of para-hydroxylation sites is 1. The molecule has 2 aromatic rings.